The number of halogens is 1. The topological polar surface area (TPSA) is 75.6 Å². The maximum atomic E-state index is 12.2. The molecule has 0 aliphatic rings. The van der Waals surface area contributed by atoms with Crippen molar-refractivity contribution in [1.29, 1.82) is 0 Å². The summed E-state index contributed by atoms with van der Waals surface area (Å²) in [6.07, 6.45) is 0. The molecule has 0 fully saturated rings. The van der Waals surface area contributed by atoms with E-state index < -0.39 is 10.0 Å². The standard InChI is InChI=1S/C12H12BrNO4S2/c1-7-5-11(19-12(7)13)20(16,17)14-9-4-3-8(18-2)6-10(9)15/h3-6,14-15H,1-2H3. The highest BCUT2D eigenvalue weighted by molar-refractivity contribution is 9.11. The molecular formula is C12H12BrNO4S2. The Balaban J connectivity index is 2.33. The fourth-order valence-corrected chi connectivity index (χ4v) is 4.78. The highest BCUT2D eigenvalue weighted by Crippen LogP contribution is 2.34. The van der Waals surface area contributed by atoms with Crippen LogP contribution in [-0.4, -0.2) is 20.6 Å². The fourth-order valence-electron chi connectivity index (χ4n) is 1.48. The monoisotopic (exact) mass is 377 g/mol. The fraction of sp³-hybridized carbons (Fsp3) is 0.167. The van der Waals surface area contributed by atoms with Crippen LogP contribution >= 0.6 is 27.3 Å². The van der Waals surface area contributed by atoms with Crippen LogP contribution in [0.15, 0.2) is 32.3 Å². The summed E-state index contributed by atoms with van der Waals surface area (Å²) in [5, 5.41) is 9.78. The molecule has 0 spiro atoms. The molecule has 5 nitrogen and oxygen atoms in total. The second-order valence-electron chi connectivity index (χ2n) is 4.01. The molecule has 0 amide bonds. The molecule has 0 radical (unpaired) electrons. The molecule has 8 heteroatoms. The first-order valence-corrected chi connectivity index (χ1v) is 8.58. The predicted octanol–water partition coefficient (Wildman–Crippen LogP) is 3.33. The summed E-state index contributed by atoms with van der Waals surface area (Å²) in [6, 6.07) is 5.92. The van der Waals surface area contributed by atoms with Gasteiger partial charge in [-0.25, -0.2) is 8.42 Å². The maximum absolute atomic E-state index is 12.2. The minimum Gasteiger partial charge on any atom is -0.506 e. The number of phenols is 1. The molecule has 1 aromatic carbocycles. The number of benzene rings is 1. The van der Waals surface area contributed by atoms with E-state index in [0.717, 1.165) is 20.7 Å². The Labute approximate surface area is 129 Å². The normalized spacial score (nSPS) is 11.3. The van der Waals surface area contributed by atoms with Gasteiger partial charge in [0.15, 0.2) is 0 Å². The van der Waals surface area contributed by atoms with Crippen LogP contribution in [0, 0.1) is 6.92 Å². The van der Waals surface area contributed by atoms with E-state index in [9.17, 15) is 13.5 Å². The first kappa shape index (κ1) is 15.1. The molecule has 108 valence electrons. The molecule has 0 aliphatic heterocycles. The third-order valence-corrected chi connectivity index (χ3v) is 6.52. The van der Waals surface area contributed by atoms with E-state index in [-0.39, 0.29) is 15.6 Å². The summed E-state index contributed by atoms with van der Waals surface area (Å²) >= 11 is 4.40. The van der Waals surface area contributed by atoms with Gasteiger partial charge in [0.05, 0.1) is 16.6 Å². The van der Waals surface area contributed by atoms with Gasteiger partial charge in [0, 0.05) is 6.07 Å². The number of hydrogen-bond acceptors (Lipinski definition) is 5. The lowest BCUT2D eigenvalue weighted by molar-refractivity contribution is 0.408. The molecule has 1 heterocycles. The lowest BCUT2D eigenvalue weighted by atomic mass is 10.3. The van der Waals surface area contributed by atoms with Crippen molar-refractivity contribution in [2.45, 2.75) is 11.1 Å². The number of aryl methyl sites for hydroxylation is 1. The zero-order chi connectivity index (χ0) is 14.9. The van der Waals surface area contributed by atoms with Crippen molar-refractivity contribution in [3.63, 3.8) is 0 Å². The lowest BCUT2D eigenvalue weighted by Gasteiger charge is -2.09. The van der Waals surface area contributed by atoms with Crippen LogP contribution < -0.4 is 9.46 Å². The predicted molar refractivity (Wildman–Crippen MR) is 82.2 cm³/mol. The second kappa shape index (κ2) is 5.63. The molecule has 0 aliphatic carbocycles. The van der Waals surface area contributed by atoms with E-state index in [2.05, 4.69) is 20.7 Å². The smallest absolute Gasteiger partial charge is 0.271 e. The van der Waals surface area contributed by atoms with Crippen molar-refractivity contribution in [1.82, 2.24) is 0 Å². The van der Waals surface area contributed by atoms with Crippen LogP contribution in [0.5, 0.6) is 11.5 Å². The largest absolute Gasteiger partial charge is 0.506 e. The van der Waals surface area contributed by atoms with E-state index in [0.29, 0.717) is 5.75 Å². The molecule has 2 aromatic rings. The van der Waals surface area contributed by atoms with Crippen molar-refractivity contribution >= 4 is 43.0 Å². The minimum absolute atomic E-state index is 0.105. The highest BCUT2D eigenvalue weighted by atomic mass is 79.9. The van der Waals surface area contributed by atoms with Gasteiger partial charge in [0.1, 0.15) is 15.7 Å². The van der Waals surface area contributed by atoms with Crippen molar-refractivity contribution in [2.24, 2.45) is 0 Å². The number of ether oxygens (including phenoxy) is 1. The molecule has 2 rings (SSSR count). The van der Waals surface area contributed by atoms with Crippen molar-refractivity contribution < 1.29 is 18.3 Å². The number of sulfonamides is 1. The van der Waals surface area contributed by atoms with Gasteiger partial charge < -0.3 is 9.84 Å². The number of aromatic hydroxyl groups is 1. The van der Waals surface area contributed by atoms with Gasteiger partial charge in [-0.2, -0.15) is 0 Å². The molecule has 0 saturated heterocycles. The quantitative estimate of drug-likeness (QED) is 0.801. The maximum Gasteiger partial charge on any atom is 0.271 e. The summed E-state index contributed by atoms with van der Waals surface area (Å²) in [6.45, 7) is 1.81. The van der Waals surface area contributed by atoms with E-state index in [1.807, 2.05) is 6.92 Å². The van der Waals surface area contributed by atoms with Gasteiger partial charge in [0.25, 0.3) is 10.0 Å². The van der Waals surface area contributed by atoms with Gasteiger partial charge in [-0.05, 0) is 46.6 Å². The Morgan fingerprint density at radius 1 is 1.35 bits per heavy atom. The zero-order valence-electron chi connectivity index (χ0n) is 10.7. The Hall–Kier alpha value is -1.25. The van der Waals surface area contributed by atoms with Crippen LogP contribution in [0.1, 0.15) is 5.56 Å². The van der Waals surface area contributed by atoms with Crippen LogP contribution in [0.2, 0.25) is 0 Å². The minimum atomic E-state index is -3.72. The molecule has 0 atom stereocenters. The van der Waals surface area contributed by atoms with Crippen LogP contribution in [0.4, 0.5) is 5.69 Å². The average Bonchev–Trinajstić information content (AvgIpc) is 2.73. The lowest BCUT2D eigenvalue weighted by Crippen LogP contribution is -2.11. The summed E-state index contributed by atoms with van der Waals surface area (Å²) in [4.78, 5) is 0. The first-order chi connectivity index (χ1) is 9.33. The Kier molecular flexibility index (Phi) is 4.26. The molecule has 0 unspecified atom stereocenters. The van der Waals surface area contributed by atoms with Crippen LogP contribution in [0.3, 0.4) is 0 Å². The molecule has 0 bridgehead atoms. The molecular weight excluding hydrogens is 366 g/mol. The Morgan fingerprint density at radius 2 is 2.05 bits per heavy atom. The number of hydrogen-bond donors (Lipinski definition) is 2. The SMILES string of the molecule is COc1ccc(NS(=O)(=O)c2cc(C)c(Br)s2)c(O)c1. The number of nitrogens with one attached hydrogen (secondary N) is 1. The van der Waals surface area contributed by atoms with Crippen LogP contribution in [-0.2, 0) is 10.0 Å². The van der Waals surface area contributed by atoms with Crippen molar-refractivity contribution in [3.8, 4) is 11.5 Å². The van der Waals surface area contributed by atoms with E-state index in [1.165, 1.54) is 19.2 Å². The molecule has 1 aromatic heterocycles. The summed E-state index contributed by atoms with van der Waals surface area (Å²) in [7, 11) is -2.26. The van der Waals surface area contributed by atoms with Gasteiger partial charge in [-0.1, -0.05) is 0 Å². The Bertz CT molecular complexity index is 720. The second-order valence-corrected chi connectivity index (χ2v) is 8.29. The number of phenolic OH excluding ortho intramolecular Hbond substituents is 1. The number of anilines is 1. The third-order valence-electron chi connectivity index (χ3n) is 2.55. The number of methoxy groups -OCH3 is 1. The summed E-state index contributed by atoms with van der Waals surface area (Å²) < 4.78 is 32.7. The van der Waals surface area contributed by atoms with Gasteiger partial charge in [0.2, 0.25) is 0 Å². The van der Waals surface area contributed by atoms with Crippen LogP contribution in [0.25, 0.3) is 0 Å². The molecule has 0 saturated carbocycles. The van der Waals surface area contributed by atoms with Crippen molar-refractivity contribution in [2.75, 3.05) is 11.8 Å². The van der Waals surface area contributed by atoms with E-state index in [1.54, 1.807) is 12.1 Å². The number of thiophene rings is 1. The Morgan fingerprint density at radius 3 is 2.55 bits per heavy atom. The van der Waals surface area contributed by atoms with Gasteiger partial charge >= 0.3 is 0 Å². The van der Waals surface area contributed by atoms with Gasteiger partial charge in [-0.15, -0.1) is 11.3 Å². The highest BCUT2D eigenvalue weighted by Gasteiger charge is 2.20. The van der Waals surface area contributed by atoms with Crippen molar-refractivity contribution in [3.05, 3.63) is 33.6 Å². The van der Waals surface area contributed by atoms with E-state index >= 15 is 0 Å². The first-order valence-electron chi connectivity index (χ1n) is 5.49. The average molecular weight is 378 g/mol. The van der Waals surface area contributed by atoms with Gasteiger partial charge in [-0.3, -0.25) is 4.72 Å². The molecule has 2 N–H and O–H groups in total. The zero-order valence-corrected chi connectivity index (χ0v) is 13.9. The number of rotatable bonds is 4. The molecule has 20 heavy (non-hydrogen) atoms. The van der Waals surface area contributed by atoms with E-state index in [4.69, 9.17) is 4.74 Å². The third kappa shape index (κ3) is 3.08. The summed E-state index contributed by atoms with van der Waals surface area (Å²) in [5.41, 5.74) is 0.947. The summed E-state index contributed by atoms with van der Waals surface area (Å²) in [5.74, 6) is 0.250.